The number of benzene rings is 2. The maximum Gasteiger partial charge on any atom is 0.267 e. The minimum absolute atomic E-state index is 0.219. The van der Waals surface area contributed by atoms with E-state index in [-0.39, 0.29) is 6.61 Å². The first-order valence-electron chi connectivity index (χ1n) is 6.54. The van der Waals surface area contributed by atoms with Crippen LogP contribution in [0.2, 0.25) is 0 Å². The zero-order valence-electron chi connectivity index (χ0n) is 12.3. The summed E-state index contributed by atoms with van der Waals surface area (Å²) < 4.78 is 69.3. The molecule has 5 nitrogen and oxygen atoms in total. The molecule has 0 aliphatic heterocycles. The predicted molar refractivity (Wildman–Crippen MR) is 79.4 cm³/mol. The summed E-state index contributed by atoms with van der Waals surface area (Å²) in [4.78, 5) is 11.6. The highest BCUT2D eigenvalue weighted by Crippen LogP contribution is 2.23. The van der Waals surface area contributed by atoms with Gasteiger partial charge in [0, 0.05) is 6.07 Å². The van der Waals surface area contributed by atoms with Crippen molar-refractivity contribution in [3.63, 3.8) is 0 Å². The second-order valence-corrected chi connectivity index (χ2v) is 6.63. The third kappa shape index (κ3) is 4.72. The zero-order valence-corrected chi connectivity index (χ0v) is 13.2. The number of carbonyl (C=O) groups is 1. The number of amides is 1. The van der Waals surface area contributed by atoms with Gasteiger partial charge in [0.15, 0.2) is 11.6 Å². The number of nitrogens with one attached hydrogen (secondary N) is 1. The van der Waals surface area contributed by atoms with E-state index in [1.807, 2.05) is 0 Å². The van der Waals surface area contributed by atoms with Crippen LogP contribution in [0.1, 0.15) is 15.9 Å². The number of carbonyl (C=O) groups excluding carboxylic acids is 1. The fourth-order valence-corrected chi connectivity index (χ4v) is 2.27. The normalized spacial score (nSPS) is 11.2. The molecule has 0 bridgehead atoms. The summed E-state index contributed by atoms with van der Waals surface area (Å²) in [5.41, 5.74) is -0.385. The molecule has 0 fully saturated rings. The Morgan fingerprint density at radius 2 is 1.83 bits per heavy atom. The molecule has 0 aliphatic carbocycles. The molecular formula is C15H12F3NO4S. The summed E-state index contributed by atoms with van der Waals surface area (Å²) in [6.07, 6.45) is 0.704. The molecule has 0 spiro atoms. The van der Waals surface area contributed by atoms with Gasteiger partial charge in [-0.15, -0.1) is 0 Å². The van der Waals surface area contributed by atoms with Gasteiger partial charge in [-0.3, -0.25) is 4.79 Å². The molecule has 0 heterocycles. The molecule has 0 saturated heterocycles. The lowest BCUT2D eigenvalue weighted by Crippen LogP contribution is -2.30. The first kappa shape index (κ1) is 17.8. The molecule has 1 N–H and O–H groups in total. The number of halogens is 3. The summed E-state index contributed by atoms with van der Waals surface area (Å²) >= 11 is 0. The van der Waals surface area contributed by atoms with Gasteiger partial charge in [-0.25, -0.2) is 26.3 Å². The van der Waals surface area contributed by atoms with Crippen LogP contribution in [0.3, 0.4) is 0 Å². The van der Waals surface area contributed by atoms with Crippen molar-refractivity contribution in [1.29, 1.82) is 0 Å². The Balaban J connectivity index is 2.19. The van der Waals surface area contributed by atoms with E-state index in [4.69, 9.17) is 4.74 Å². The Kier molecular flexibility index (Phi) is 5.13. The molecule has 2 aromatic rings. The van der Waals surface area contributed by atoms with Crippen molar-refractivity contribution in [3.8, 4) is 5.75 Å². The highest BCUT2D eigenvalue weighted by molar-refractivity contribution is 7.89. The van der Waals surface area contributed by atoms with Gasteiger partial charge in [0.25, 0.3) is 5.91 Å². The average molecular weight is 359 g/mol. The van der Waals surface area contributed by atoms with Crippen LogP contribution in [0, 0.1) is 17.5 Å². The summed E-state index contributed by atoms with van der Waals surface area (Å²) in [7, 11) is -3.92. The van der Waals surface area contributed by atoms with E-state index in [2.05, 4.69) is 0 Å². The Morgan fingerprint density at radius 3 is 2.46 bits per heavy atom. The summed E-state index contributed by atoms with van der Waals surface area (Å²) in [5, 5.41) is 0. The first-order valence-corrected chi connectivity index (χ1v) is 8.43. The molecule has 24 heavy (non-hydrogen) atoms. The Bertz CT molecular complexity index is 884. The second kappa shape index (κ2) is 6.91. The van der Waals surface area contributed by atoms with Gasteiger partial charge in [-0.05, 0) is 23.8 Å². The van der Waals surface area contributed by atoms with Gasteiger partial charge in [-0.1, -0.05) is 12.1 Å². The van der Waals surface area contributed by atoms with Gasteiger partial charge in [0.05, 0.1) is 11.8 Å². The van der Waals surface area contributed by atoms with E-state index in [1.54, 1.807) is 0 Å². The lowest BCUT2D eigenvalue weighted by molar-refractivity contribution is 0.0977. The average Bonchev–Trinajstić information content (AvgIpc) is 2.46. The van der Waals surface area contributed by atoms with Crippen molar-refractivity contribution in [2.24, 2.45) is 0 Å². The van der Waals surface area contributed by atoms with E-state index < -0.39 is 44.7 Å². The number of sulfonamides is 1. The standard InChI is InChI=1S/C15H12F3NO4S/c1-24(21,22)19-15(20)11-6-13(18)14(7-12(11)17)23-8-9-3-2-4-10(16)5-9/h2-7H,8H2,1H3,(H,19,20). The summed E-state index contributed by atoms with van der Waals surface area (Å²) in [6.45, 7) is -0.219. The van der Waals surface area contributed by atoms with Crippen LogP contribution in [0.5, 0.6) is 5.75 Å². The van der Waals surface area contributed by atoms with Crippen LogP contribution in [-0.2, 0) is 16.6 Å². The molecule has 2 rings (SSSR count). The van der Waals surface area contributed by atoms with Crippen LogP contribution < -0.4 is 9.46 Å². The van der Waals surface area contributed by atoms with Gasteiger partial charge >= 0.3 is 0 Å². The van der Waals surface area contributed by atoms with Gasteiger partial charge in [-0.2, -0.15) is 0 Å². The Labute approximate surface area is 136 Å². The SMILES string of the molecule is CS(=O)(=O)NC(=O)c1cc(F)c(OCc2cccc(F)c2)cc1F. The van der Waals surface area contributed by atoms with Crippen LogP contribution >= 0.6 is 0 Å². The molecule has 0 atom stereocenters. The van der Waals surface area contributed by atoms with Crippen molar-refractivity contribution >= 4 is 15.9 Å². The number of hydrogen-bond donors (Lipinski definition) is 1. The predicted octanol–water partition coefficient (Wildman–Crippen LogP) is 2.37. The van der Waals surface area contributed by atoms with Crippen molar-refractivity contribution in [1.82, 2.24) is 4.72 Å². The monoisotopic (exact) mass is 359 g/mol. The quantitative estimate of drug-likeness (QED) is 0.890. The van der Waals surface area contributed by atoms with E-state index in [9.17, 15) is 26.4 Å². The summed E-state index contributed by atoms with van der Waals surface area (Å²) in [6, 6.07) is 6.50. The minimum Gasteiger partial charge on any atom is -0.486 e. The van der Waals surface area contributed by atoms with Crippen molar-refractivity contribution in [2.45, 2.75) is 6.61 Å². The van der Waals surface area contributed by atoms with E-state index in [1.165, 1.54) is 29.0 Å². The fourth-order valence-electron chi connectivity index (χ4n) is 1.82. The third-order valence-electron chi connectivity index (χ3n) is 2.83. The molecule has 0 aromatic heterocycles. The molecule has 9 heteroatoms. The maximum absolute atomic E-state index is 13.9. The highest BCUT2D eigenvalue weighted by Gasteiger charge is 2.19. The molecule has 0 radical (unpaired) electrons. The molecular weight excluding hydrogens is 347 g/mol. The second-order valence-electron chi connectivity index (χ2n) is 4.88. The van der Waals surface area contributed by atoms with Crippen LogP contribution in [-0.4, -0.2) is 20.6 Å². The largest absolute Gasteiger partial charge is 0.486 e. The molecule has 128 valence electrons. The lowest BCUT2D eigenvalue weighted by Gasteiger charge is -2.10. The van der Waals surface area contributed by atoms with Crippen LogP contribution in [0.15, 0.2) is 36.4 Å². The topological polar surface area (TPSA) is 72.5 Å². The third-order valence-corrected chi connectivity index (χ3v) is 3.38. The molecule has 0 aliphatic rings. The maximum atomic E-state index is 13.9. The summed E-state index contributed by atoms with van der Waals surface area (Å²) in [5.74, 6) is -4.52. The van der Waals surface area contributed by atoms with Crippen LogP contribution in [0.4, 0.5) is 13.2 Å². The van der Waals surface area contributed by atoms with Gasteiger partial charge in [0.2, 0.25) is 10.0 Å². The van der Waals surface area contributed by atoms with E-state index in [0.717, 1.165) is 0 Å². The van der Waals surface area contributed by atoms with Gasteiger partial charge < -0.3 is 4.74 Å². The molecule has 0 saturated carbocycles. The van der Waals surface area contributed by atoms with E-state index in [0.29, 0.717) is 24.0 Å². The van der Waals surface area contributed by atoms with E-state index >= 15 is 0 Å². The lowest BCUT2D eigenvalue weighted by atomic mass is 10.2. The number of rotatable bonds is 5. The molecule has 0 unspecified atom stereocenters. The number of hydrogen-bond acceptors (Lipinski definition) is 4. The van der Waals surface area contributed by atoms with Crippen molar-refractivity contribution in [3.05, 3.63) is 65.0 Å². The van der Waals surface area contributed by atoms with Crippen molar-refractivity contribution in [2.75, 3.05) is 6.26 Å². The number of ether oxygens (including phenoxy) is 1. The Morgan fingerprint density at radius 1 is 1.12 bits per heavy atom. The van der Waals surface area contributed by atoms with Crippen LogP contribution in [0.25, 0.3) is 0 Å². The highest BCUT2D eigenvalue weighted by atomic mass is 32.2. The van der Waals surface area contributed by atoms with Crippen molar-refractivity contribution < 1.29 is 31.1 Å². The first-order chi connectivity index (χ1) is 11.2. The smallest absolute Gasteiger partial charge is 0.267 e. The zero-order chi connectivity index (χ0) is 17.9. The van der Waals surface area contributed by atoms with Gasteiger partial charge in [0.1, 0.15) is 18.2 Å². The fraction of sp³-hybridized carbons (Fsp3) is 0.133. The Hall–Kier alpha value is -2.55. The molecule has 2 aromatic carbocycles. The molecule has 1 amide bonds. The minimum atomic E-state index is -3.92.